The lowest BCUT2D eigenvalue weighted by atomic mass is 10.1. The van der Waals surface area contributed by atoms with Crippen LogP contribution in [-0.2, 0) is 5.54 Å². The van der Waals surface area contributed by atoms with Crippen LogP contribution in [0.2, 0.25) is 0 Å². The van der Waals surface area contributed by atoms with Gasteiger partial charge in [0.25, 0.3) is 5.91 Å². The highest BCUT2D eigenvalue weighted by molar-refractivity contribution is 7.09. The van der Waals surface area contributed by atoms with Crippen LogP contribution >= 0.6 is 11.3 Å². The van der Waals surface area contributed by atoms with Gasteiger partial charge in [-0.05, 0) is 13.8 Å². The van der Waals surface area contributed by atoms with Gasteiger partial charge in [0, 0.05) is 30.0 Å². The zero-order valence-corrected chi connectivity index (χ0v) is 10.9. The lowest BCUT2D eigenvalue weighted by Crippen LogP contribution is -2.42. The van der Waals surface area contributed by atoms with E-state index in [0.29, 0.717) is 0 Å². The third-order valence-electron chi connectivity index (χ3n) is 2.46. The van der Waals surface area contributed by atoms with Gasteiger partial charge in [-0.2, -0.15) is 0 Å². The molecule has 2 N–H and O–H groups in total. The lowest BCUT2D eigenvalue weighted by molar-refractivity contribution is 0.0910. The molecule has 5 nitrogen and oxygen atoms in total. The molecule has 0 saturated carbocycles. The number of amides is 1. The highest BCUT2D eigenvalue weighted by Gasteiger charge is 2.26. The van der Waals surface area contributed by atoms with Crippen LogP contribution in [0.1, 0.15) is 29.2 Å². The van der Waals surface area contributed by atoms with Crippen LogP contribution < -0.4 is 10.7 Å². The fourth-order valence-corrected chi connectivity index (χ4v) is 2.25. The number of thiazole rings is 1. The van der Waals surface area contributed by atoms with Gasteiger partial charge >= 0.3 is 0 Å². The lowest BCUT2D eigenvalue weighted by Gasteiger charge is -2.23. The summed E-state index contributed by atoms with van der Waals surface area (Å²) in [5.41, 5.74) is -0.809. The Hall–Kier alpha value is -1.95. The Morgan fingerprint density at radius 1 is 1.50 bits per heavy atom. The largest absolute Gasteiger partial charge is 0.367 e. The number of rotatable bonds is 3. The molecule has 2 heterocycles. The van der Waals surface area contributed by atoms with Crippen molar-refractivity contribution in [1.82, 2.24) is 15.3 Å². The first-order valence-electron chi connectivity index (χ1n) is 5.40. The summed E-state index contributed by atoms with van der Waals surface area (Å²) in [6, 6.07) is 1.32. The number of H-pyrrole nitrogens is 1. The summed E-state index contributed by atoms with van der Waals surface area (Å²) in [7, 11) is 0. The van der Waals surface area contributed by atoms with Crippen molar-refractivity contribution in [3.05, 3.63) is 50.8 Å². The van der Waals surface area contributed by atoms with Crippen molar-refractivity contribution < 1.29 is 4.79 Å². The molecule has 0 fully saturated rings. The Morgan fingerprint density at radius 2 is 2.28 bits per heavy atom. The predicted octanol–water partition coefficient (Wildman–Crippen LogP) is 1.50. The van der Waals surface area contributed by atoms with E-state index in [1.807, 2.05) is 19.2 Å². The predicted molar refractivity (Wildman–Crippen MR) is 69.7 cm³/mol. The third-order valence-corrected chi connectivity index (χ3v) is 3.56. The minimum absolute atomic E-state index is 0.0992. The number of carbonyl (C=O) groups is 1. The van der Waals surface area contributed by atoms with Crippen LogP contribution in [0.4, 0.5) is 0 Å². The van der Waals surface area contributed by atoms with Crippen LogP contribution in [-0.4, -0.2) is 15.9 Å². The van der Waals surface area contributed by atoms with Gasteiger partial charge in [0.05, 0.1) is 5.54 Å². The maximum Gasteiger partial charge on any atom is 0.257 e. The molecule has 0 atom stereocenters. The second-order valence-electron chi connectivity index (χ2n) is 4.34. The van der Waals surface area contributed by atoms with E-state index in [0.717, 1.165) is 5.01 Å². The molecule has 0 saturated heterocycles. The Morgan fingerprint density at radius 3 is 2.89 bits per heavy atom. The van der Waals surface area contributed by atoms with E-state index in [9.17, 15) is 9.59 Å². The summed E-state index contributed by atoms with van der Waals surface area (Å²) >= 11 is 1.46. The molecule has 0 aliphatic carbocycles. The van der Waals surface area contributed by atoms with Gasteiger partial charge in [0.15, 0.2) is 5.43 Å². The summed E-state index contributed by atoms with van der Waals surface area (Å²) in [4.78, 5) is 30.5. The van der Waals surface area contributed by atoms with Crippen molar-refractivity contribution in [2.45, 2.75) is 19.4 Å². The van der Waals surface area contributed by atoms with Crippen LogP contribution in [0.5, 0.6) is 0 Å². The number of pyridine rings is 1. The summed E-state index contributed by atoms with van der Waals surface area (Å²) < 4.78 is 0. The number of nitrogens with zero attached hydrogens (tertiary/aromatic N) is 1. The first kappa shape index (κ1) is 12.5. The van der Waals surface area contributed by atoms with Gasteiger partial charge in [-0.1, -0.05) is 0 Å². The summed E-state index contributed by atoms with van der Waals surface area (Å²) in [6.45, 7) is 3.70. The molecule has 94 valence electrons. The van der Waals surface area contributed by atoms with Crippen molar-refractivity contribution in [2.75, 3.05) is 0 Å². The second kappa shape index (κ2) is 4.73. The number of aromatic amines is 1. The molecule has 0 unspecified atom stereocenters. The third kappa shape index (κ3) is 2.48. The fourth-order valence-electron chi connectivity index (χ4n) is 1.53. The van der Waals surface area contributed by atoms with Gasteiger partial charge in [0.2, 0.25) is 0 Å². The van der Waals surface area contributed by atoms with Crippen LogP contribution in [0.25, 0.3) is 0 Å². The van der Waals surface area contributed by atoms with Gasteiger partial charge in [0.1, 0.15) is 10.6 Å². The minimum atomic E-state index is -0.604. The first-order valence-corrected chi connectivity index (χ1v) is 6.28. The normalized spacial score (nSPS) is 11.2. The molecule has 0 aliphatic heterocycles. The first-order chi connectivity index (χ1) is 8.50. The van der Waals surface area contributed by atoms with Crippen molar-refractivity contribution in [2.24, 2.45) is 0 Å². The average molecular weight is 263 g/mol. The highest BCUT2D eigenvalue weighted by Crippen LogP contribution is 2.22. The van der Waals surface area contributed by atoms with Crippen LogP contribution in [0.3, 0.4) is 0 Å². The molecular weight excluding hydrogens is 250 g/mol. The van der Waals surface area contributed by atoms with E-state index in [4.69, 9.17) is 0 Å². The highest BCUT2D eigenvalue weighted by atomic mass is 32.1. The Balaban J connectivity index is 2.23. The molecule has 2 aromatic heterocycles. The topological polar surface area (TPSA) is 74.8 Å². The van der Waals surface area contributed by atoms with E-state index < -0.39 is 11.4 Å². The molecule has 18 heavy (non-hydrogen) atoms. The molecule has 0 aliphatic rings. The molecule has 0 aromatic carbocycles. The van der Waals surface area contributed by atoms with Crippen molar-refractivity contribution in [3.63, 3.8) is 0 Å². The van der Waals surface area contributed by atoms with Crippen LogP contribution in [0.15, 0.2) is 34.8 Å². The maximum atomic E-state index is 12.0. The summed E-state index contributed by atoms with van der Waals surface area (Å²) in [5.74, 6) is -0.406. The Kier molecular flexibility index (Phi) is 3.29. The average Bonchev–Trinajstić information content (AvgIpc) is 2.82. The monoisotopic (exact) mass is 263 g/mol. The zero-order chi connectivity index (χ0) is 13.2. The molecule has 0 spiro atoms. The van der Waals surface area contributed by atoms with Crippen LogP contribution in [0, 0.1) is 0 Å². The van der Waals surface area contributed by atoms with E-state index in [-0.39, 0.29) is 11.0 Å². The Labute approximate surface area is 108 Å². The van der Waals surface area contributed by atoms with Gasteiger partial charge in [-0.25, -0.2) is 4.98 Å². The van der Waals surface area contributed by atoms with E-state index in [1.165, 1.54) is 29.8 Å². The Bertz CT molecular complexity index is 602. The van der Waals surface area contributed by atoms with E-state index >= 15 is 0 Å². The van der Waals surface area contributed by atoms with Crippen molar-refractivity contribution in [3.8, 4) is 0 Å². The smallest absolute Gasteiger partial charge is 0.257 e. The quantitative estimate of drug-likeness (QED) is 0.881. The standard InChI is InChI=1S/C12H13N3O2S/c1-12(2,11-14-5-6-18-11)15-10(17)8-7-13-4-3-9(8)16/h3-7H,1-2H3,(H,13,16)(H,15,17). The maximum absolute atomic E-state index is 12.0. The van der Waals surface area contributed by atoms with E-state index in [1.54, 1.807) is 6.20 Å². The summed E-state index contributed by atoms with van der Waals surface area (Å²) in [6.07, 6.45) is 4.57. The number of aromatic nitrogens is 2. The molecule has 0 bridgehead atoms. The van der Waals surface area contributed by atoms with Crippen molar-refractivity contribution >= 4 is 17.2 Å². The zero-order valence-electron chi connectivity index (χ0n) is 10.1. The number of hydrogen-bond acceptors (Lipinski definition) is 4. The van der Waals surface area contributed by atoms with Crippen molar-refractivity contribution in [1.29, 1.82) is 0 Å². The van der Waals surface area contributed by atoms with Gasteiger partial charge < -0.3 is 10.3 Å². The molecular formula is C12H13N3O2S. The number of hydrogen-bond donors (Lipinski definition) is 2. The fraction of sp³-hybridized carbons (Fsp3) is 0.250. The molecule has 2 aromatic rings. The molecule has 0 radical (unpaired) electrons. The van der Waals surface area contributed by atoms with Gasteiger partial charge in [-0.3, -0.25) is 9.59 Å². The minimum Gasteiger partial charge on any atom is -0.367 e. The molecule has 1 amide bonds. The molecule has 2 rings (SSSR count). The second-order valence-corrected chi connectivity index (χ2v) is 5.23. The number of nitrogens with one attached hydrogen (secondary N) is 2. The number of carbonyl (C=O) groups excluding carboxylic acids is 1. The summed E-state index contributed by atoms with van der Waals surface area (Å²) in [5, 5.41) is 5.45. The SMILES string of the molecule is CC(C)(NC(=O)c1c[nH]ccc1=O)c1nccs1. The van der Waals surface area contributed by atoms with Gasteiger partial charge in [-0.15, -0.1) is 11.3 Å². The molecule has 6 heteroatoms. The van der Waals surface area contributed by atoms with E-state index in [2.05, 4.69) is 15.3 Å².